The Morgan fingerprint density at radius 1 is 1.41 bits per heavy atom. The number of aromatic nitrogens is 1. The lowest BCUT2D eigenvalue weighted by Gasteiger charge is -2.24. The average Bonchev–Trinajstić information content (AvgIpc) is 2.78. The summed E-state index contributed by atoms with van der Waals surface area (Å²) in [5.74, 6) is 1.07. The van der Waals surface area contributed by atoms with Crippen LogP contribution in [0.15, 0.2) is 17.2 Å². The van der Waals surface area contributed by atoms with Crippen LogP contribution < -0.4 is 0 Å². The van der Waals surface area contributed by atoms with Crippen molar-refractivity contribution in [2.45, 2.75) is 10.8 Å². The number of nitrogens with zero attached hydrogens (tertiary/aromatic N) is 1. The first-order valence-electron chi connectivity index (χ1n) is 5.12. The van der Waals surface area contributed by atoms with Crippen molar-refractivity contribution < 1.29 is 12.6 Å². The molecule has 0 spiro atoms. The summed E-state index contributed by atoms with van der Waals surface area (Å²) in [5.41, 5.74) is 0.672. The summed E-state index contributed by atoms with van der Waals surface area (Å²) in [4.78, 5) is 3.03. The van der Waals surface area contributed by atoms with Gasteiger partial charge in [0.05, 0.1) is 10.8 Å². The Labute approximate surface area is 108 Å². The van der Waals surface area contributed by atoms with E-state index in [-0.39, 0.29) is 10.8 Å². The van der Waals surface area contributed by atoms with Crippen LogP contribution in [0.1, 0.15) is 5.69 Å². The van der Waals surface area contributed by atoms with Crippen LogP contribution in [0.5, 0.6) is 0 Å². The Hall–Kier alpha value is -0.370. The van der Waals surface area contributed by atoms with Gasteiger partial charge in [-0.2, -0.15) is 4.31 Å². The standard InChI is InChI=1S/C9H13ClN2O3S2/c10-6-8-5-9(7-11-8)17(14,15)12-1-3-16(13)4-2-12/h5,7,11H,1-4,6H2. The Balaban J connectivity index is 2.21. The number of halogens is 1. The van der Waals surface area contributed by atoms with Crippen LogP contribution >= 0.6 is 11.6 Å². The van der Waals surface area contributed by atoms with Gasteiger partial charge in [0.15, 0.2) is 0 Å². The Morgan fingerprint density at radius 2 is 2.06 bits per heavy atom. The SMILES string of the molecule is O=S1CCN(S(=O)(=O)c2c[nH]c(CCl)c2)CC1. The van der Waals surface area contributed by atoms with E-state index in [1.165, 1.54) is 16.6 Å². The van der Waals surface area contributed by atoms with Crippen LogP contribution in [0.2, 0.25) is 0 Å². The van der Waals surface area contributed by atoms with Gasteiger partial charge >= 0.3 is 0 Å². The number of hydrogen-bond acceptors (Lipinski definition) is 3. The third kappa shape index (κ3) is 2.73. The summed E-state index contributed by atoms with van der Waals surface area (Å²) >= 11 is 5.62. The van der Waals surface area contributed by atoms with Gasteiger partial charge in [0.2, 0.25) is 10.0 Å². The number of aromatic amines is 1. The zero-order chi connectivity index (χ0) is 12.5. The minimum Gasteiger partial charge on any atom is -0.363 e. The van der Waals surface area contributed by atoms with Crippen molar-refractivity contribution in [3.63, 3.8) is 0 Å². The molecule has 0 saturated carbocycles. The van der Waals surface area contributed by atoms with Gasteiger partial charge in [0.25, 0.3) is 0 Å². The van der Waals surface area contributed by atoms with Crippen molar-refractivity contribution in [3.05, 3.63) is 18.0 Å². The van der Waals surface area contributed by atoms with E-state index in [2.05, 4.69) is 4.98 Å². The van der Waals surface area contributed by atoms with E-state index >= 15 is 0 Å². The van der Waals surface area contributed by atoms with Crippen LogP contribution in [0, 0.1) is 0 Å². The molecule has 0 unspecified atom stereocenters. The first-order chi connectivity index (χ1) is 8.04. The molecule has 1 aliphatic heterocycles. The molecule has 0 atom stereocenters. The molecular formula is C9H13ClN2O3S2. The lowest BCUT2D eigenvalue weighted by molar-refractivity contribution is 0.439. The van der Waals surface area contributed by atoms with E-state index in [0.29, 0.717) is 30.3 Å². The molecule has 1 N–H and O–H groups in total. The second kappa shape index (κ2) is 5.09. The minimum atomic E-state index is -3.47. The number of hydrogen-bond donors (Lipinski definition) is 1. The molecule has 8 heteroatoms. The summed E-state index contributed by atoms with van der Waals surface area (Å²) in [7, 11) is -4.35. The van der Waals surface area contributed by atoms with Crippen LogP contribution in [0.3, 0.4) is 0 Å². The number of H-pyrrole nitrogens is 1. The summed E-state index contributed by atoms with van der Waals surface area (Å²) in [6.45, 7) is 0.632. The first-order valence-corrected chi connectivity index (χ1v) is 8.58. The summed E-state index contributed by atoms with van der Waals surface area (Å²) < 4.78 is 36.9. The maximum absolute atomic E-state index is 12.2. The van der Waals surface area contributed by atoms with Gasteiger partial charge in [-0.1, -0.05) is 0 Å². The highest BCUT2D eigenvalue weighted by Crippen LogP contribution is 2.19. The zero-order valence-electron chi connectivity index (χ0n) is 9.06. The van der Waals surface area contributed by atoms with E-state index in [1.54, 1.807) is 0 Å². The van der Waals surface area contributed by atoms with Crippen molar-refractivity contribution in [1.82, 2.24) is 9.29 Å². The van der Waals surface area contributed by atoms with E-state index in [4.69, 9.17) is 11.6 Å². The first kappa shape index (κ1) is 13.1. The highest BCUT2D eigenvalue weighted by molar-refractivity contribution is 7.89. The predicted molar refractivity (Wildman–Crippen MR) is 67.0 cm³/mol. The van der Waals surface area contributed by atoms with E-state index in [0.717, 1.165) is 0 Å². The van der Waals surface area contributed by atoms with Crippen molar-refractivity contribution in [3.8, 4) is 0 Å². The molecule has 2 heterocycles. The monoisotopic (exact) mass is 296 g/mol. The van der Waals surface area contributed by atoms with Gasteiger partial charge in [-0.15, -0.1) is 11.6 Å². The summed E-state index contributed by atoms with van der Waals surface area (Å²) in [6.07, 6.45) is 1.44. The molecule has 2 rings (SSSR count). The number of nitrogens with one attached hydrogen (secondary N) is 1. The van der Waals surface area contributed by atoms with Crippen LogP contribution in [-0.4, -0.2) is 46.5 Å². The van der Waals surface area contributed by atoms with Crippen molar-refractivity contribution >= 4 is 32.4 Å². The highest BCUT2D eigenvalue weighted by Gasteiger charge is 2.28. The third-order valence-electron chi connectivity index (χ3n) is 2.63. The maximum Gasteiger partial charge on any atom is 0.244 e. The fourth-order valence-corrected chi connectivity index (χ4v) is 4.55. The van der Waals surface area contributed by atoms with Gasteiger partial charge in [0.1, 0.15) is 0 Å². The molecule has 1 aliphatic rings. The fraction of sp³-hybridized carbons (Fsp3) is 0.556. The fourth-order valence-electron chi connectivity index (χ4n) is 1.66. The molecule has 0 aromatic carbocycles. The molecule has 0 bridgehead atoms. The molecule has 0 amide bonds. The number of sulfonamides is 1. The van der Waals surface area contributed by atoms with Crippen LogP contribution in [0.4, 0.5) is 0 Å². The van der Waals surface area contributed by atoms with E-state index in [9.17, 15) is 12.6 Å². The van der Waals surface area contributed by atoms with Gasteiger partial charge < -0.3 is 4.98 Å². The Kier molecular flexibility index (Phi) is 3.92. The van der Waals surface area contributed by atoms with Gasteiger partial charge in [0, 0.05) is 47.3 Å². The van der Waals surface area contributed by atoms with E-state index < -0.39 is 20.8 Å². The zero-order valence-corrected chi connectivity index (χ0v) is 11.4. The maximum atomic E-state index is 12.2. The molecule has 1 saturated heterocycles. The van der Waals surface area contributed by atoms with Crippen molar-refractivity contribution in [1.29, 1.82) is 0 Å². The molecular weight excluding hydrogens is 284 g/mol. The second-order valence-electron chi connectivity index (χ2n) is 3.75. The third-order valence-corrected chi connectivity index (χ3v) is 6.07. The average molecular weight is 297 g/mol. The van der Waals surface area contributed by atoms with Crippen LogP contribution in [-0.2, 0) is 26.7 Å². The Morgan fingerprint density at radius 3 is 2.59 bits per heavy atom. The largest absolute Gasteiger partial charge is 0.363 e. The van der Waals surface area contributed by atoms with Gasteiger partial charge in [-0.05, 0) is 6.07 Å². The highest BCUT2D eigenvalue weighted by atomic mass is 35.5. The molecule has 1 aromatic rings. The number of alkyl halides is 1. The topological polar surface area (TPSA) is 70.2 Å². The normalized spacial score (nSPS) is 19.6. The molecule has 96 valence electrons. The van der Waals surface area contributed by atoms with Gasteiger partial charge in [-0.25, -0.2) is 8.42 Å². The molecule has 5 nitrogen and oxygen atoms in total. The smallest absolute Gasteiger partial charge is 0.244 e. The van der Waals surface area contributed by atoms with E-state index in [1.807, 2.05) is 0 Å². The van der Waals surface area contributed by atoms with Crippen LogP contribution in [0.25, 0.3) is 0 Å². The number of rotatable bonds is 3. The molecule has 17 heavy (non-hydrogen) atoms. The van der Waals surface area contributed by atoms with Gasteiger partial charge in [-0.3, -0.25) is 4.21 Å². The molecule has 1 aromatic heterocycles. The second-order valence-corrected chi connectivity index (χ2v) is 7.65. The minimum absolute atomic E-state index is 0.223. The summed E-state index contributed by atoms with van der Waals surface area (Å²) in [6, 6.07) is 1.54. The predicted octanol–water partition coefficient (Wildman–Crippen LogP) is 0.507. The Bertz CT molecular complexity index is 516. The van der Waals surface area contributed by atoms with Crippen molar-refractivity contribution in [2.75, 3.05) is 24.6 Å². The lowest BCUT2D eigenvalue weighted by atomic mass is 10.5. The summed E-state index contributed by atoms with van der Waals surface area (Å²) in [5, 5.41) is 0. The van der Waals surface area contributed by atoms with Crippen molar-refractivity contribution in [2.24, 2.45) is 0 Å². The quantitative estimate of drug-likeness (QED) is 0.826. The molecule has 0 aliphatic carbocycles. The lowest BCUT2D eigenvalue weighted by Crippen LogP contribution is -2.41. The molecule has 0 radical (unpaired) electrons. The molecule has 1 fully saturated rings.